The van der Waals surface area contributed by atoms with E-state index in [4.69, 9.17) is 16.3 Å². The van der Waals surface area contributed by atoms with Gasteiger partial charge in [-0.25, -0.2) is 4.68 Å². The number of fused-ring (bicyclic) bond motifs is 5. The third kappa shape index (κ3) is 4.94. The van der Waals surface area contributed by atoms with E-state index in [1.807, 2.05) is 42.1 Å². The van der Waals surface area contributed by atoms with Crippen molar-refractivity contribution in [2.45, 2.75) is 89.9 Å². The first-order valence-corrected chi connectivity index (χ1v) is 15.5. The van der Waals surface area contributed by atoms with Crippen LogP contribution in [0, 0.1) is 35.5 Å². The van der Waals surface area contributed by atoms with Gasteiger partial charge in [-0.3, -0.25) is 9.59 Å². The van der Waals surface area contributed by atoms with Crippen molar-refractivity contribution >= 4 is 23.4 Å². The van der Waals surface area contributed by atoms with Crippen molar-refractivity contribution in [3.63, 3.8) is 0 Å². The number of aromatic nitrogens is 3. The molecule has 9 atom stereocenters. The fourth-order valence-corrected chi connectivity index (χ4v) is 8.50. The summed E-state index contributed by atoms with van der Waals surface area (Å²) in [6, 6.07) is 7.27. The van der Waals surface area contributed by atoms with Crippen LogP contribution in [0.4, 0.5) is 0 Å². The number of aliphatic hydroxyl groups is 1. The van der Waals surface area contributed by atoms with Crippen LogP contribution in [0.25, 0.3) is 11.3 Å². The molecule has 7 nitrogen and oxygen atoms in total. The van der Waals surface area contributed by atoms with Crippen molar-refractivity contribution < 1.29 is 19.4 Å². The summed E-state index contributed by atoms with van der Waals surface area (Å²) >= 11 is 6.45. The normalized spacial score (nSPS) is 36.5. The van der Waals surface area contributed by atoms with Crippen LogP contribution >= 0.6 is 11.6 Å². The van der Waals surface area contributed by atoms with E-state index in [1.54, 1.807) is 0 Å². The zero-order valence-corrected chi connectivity index (χ0v) is 24.2. The number of ether oxygens (including phenoxy) is 1. The van der Waals surface area contributed by atoms with Gasteiger partial charge in [0, 0.05) is 23.3 Å². The van der Waals surface area contributed by atoms with E-state index >= 15 is 0 Å². The molecule has 0 bridgehead atoms. The van der Waals surface area contributed by atoms with Crippen LogP contribution in [0.5, 0.6) is 0 Å². The van der Waals surface area contributed by atoms with Gasteiger partial charge in [0.2, 0.25) is 0 Å². The van der Waals surface area contributed by atoms with Crippen molar-refractivity contribution in [1.29, 1.82) is 0 Å². The largest absolute Gasteiger partial charge is 0.462 e. The van der Waals surface area contributed by atoms with Gasteiger partial charge in [0.15, 0.2) is 5.78 Å². The lowest BCUT2D eigenvalue weighted by Gasteiger charge is -2.47. The minimum Gasteiger partial charge on any atom is -0.462 e. The number of carbonyl (C=O) groups is 2. The molecule has 1 aliphatic heterocycles. The Morgan fingerprint density at radius 3 is 2.65 bits per heavy atom. The molecule has 1 saturated heterocycles. The minimum atomic E-state index is -0.769. The number of halogens is 1. The summed E-state index contributed by atoms with van der Waals surface area (Å²) in [5, 5.41) is 21.7. The summed E-state index contributed by atoms with van der Waals surface area (Å²) in [5.74, 6) is -0.187. The first-order chi connectivity index (χ1) is 19.4. The Balaban J connectivity index is 1.36. The van der Waals surface area contributed by atoms with Crippen molar-refractivity contribution in [3.8, 4) is 11.3 Å². The molecule has 4 unspecified atom stereocenters. The molecule has 1 aromatic heterocycles. The molecule has 2 aromatic rings. The van der Waals surface area contributed by atoms with Crippen molar-refractivity contribution in [1.82, 2.24) is 15.0 Å². The standard InChI is InChI=1S/C32H40ClN3O4/c1-3-19-10-5-4-9-18(2)31(38)25-15-23-20-12-8-13-21(20)30(32(39)29(23)24(25)16-28(37)40-19)36-17-27(34-35-36)22-11-6-7-14-26(22)33/h6-7,11,14-15,17-21,23-24,29-30,32,39H,3-5,8-10,12-13,16H2,1-2H3/t18-,19+,20-,21?,23?,24-,29-,30?,32?/m1/s1. The summed E-state index contributed by atoms with van der Waals surface area (Å²) in [7, 11) is 0. The van der Waals surface area contributed by atoms with Gasteiger partial charge in [0.05, 0.1) is 29.8 Å². The Morgan fingerprint density at radius 2 is 1.85 bits per heavy atom. The molecule has 3 aliphatic carbocycles. The second-order valence-corrected chi connectivity index (χ2v) is 12.9. The number of nitrogens with zero attached hydrogens (tertiary/aromatic N) is 3. The quantitative estimate of drug-likeness (QED) is 0.445. The zero-order chi connectivity index (χ0) is 28.0. The van der Waals surface area contributed by atoms with E-state index in [0.717, 1.165) is 62.5 Å². The first-order valence-electron chi connectivity index (χ1n) is 15.2. The lowest BCUT2D eigenvalue weighted by molar-refractivity contribution is -0.152. The number of ketones is 1. The highest BCUT2D eigenvalue weighted by molar-refractivity contribution is 6.33. The van der Waals surface area contributed by atoms with E-state index in [1.165, 1.54) is 0 Å². The summed E-state index contributed by atoms with van der Waals surface area (Å²) < 4.78 is 7.75. The Labute approximate surface area is 241 Å². The van der Waals surface area contributed by atoms with Gasteiger partial charge in [-0.05, 0) is 67.9 Å². The highest BCUT2D eigenvalue weighted by Gasteiger charge is 2.58. The molecule has 0 spiro atoms. The number of aliphatic hydroxyl groups excluding tert-OH is 1. The van der Waals surface area contributed by atoms with Crippen LogP contribution in [-0.4, -0.2) is 44.1 Å². The van der Waals surface area contributed by atoms with Gasteiger partial charge in [0.1, 0.15) is 11.8 Å². The van der Waals surface area contributed by atoms with Crippen LogP contribution in [0.2, 0.25) is 5.02 Å². The predicted molar refractivity (Wildman–Crippen MR) is 152 cm³/mol. The number of cyclic esters (lactones) is 1. The summed E-state index contributed by atoms with van der Waals surface area (Å²) in [4.78, 5) is 27.1. The molecular formula is C32H40ClN3O4. The molecule has 6 rings (SSSR count). The van der Waals surface area contributed by atoms with Crippen LogP contribution in [0.15, 0.2) is 42.1 Å². The monoisotopic (exact) mass is 565 g/mol. The van der Waals surface area contributed by atoms with E-state index < -0.39 is 6.10 Å². The highest BCUT2D eigenvalue weighted by atomic mass is 35.5. The highest BCUT2D eigenvalue weighted by Crippen LogP contribution is 2.59. The van der Waals surface area contributed by atoms with Crippen molar-refractivity contribution in [2.75, 3.05) is 0 Å². The van der Waals surface area contributed by atoms with E-state index in [9.17, 15) is 14.7 Å². The van der Waals surface area contributed by atoms with E-state index in [0.29, 0.717) is 16.6 Å². The molecule has 0 amide bonds. The summed E-state index contributed by atoms with van der Waals surface area (Å²) in [5.41, 5.74) is 2.22. The Bertz CT molecular complexity index is 1290. The number of hydrogen-bond acceptors (Lipinski definition) is 6. The zero-order valence-electron chi connectivity index (χ0n) is 23.4. The SMILES string of the molecule is CC[C@H]1CCCC[C@@H](C)C(=O)C2=CC3[C@@H]4CCCC4C(n4cc(-c5ccccc5Cl)nn4)C(O)[C@H]3[C@@H]2CC(=O)O1. The first kappa shape index (κ1) is 27.6. The number of esters is 1. The maximum absolute atomic E-state index is 13.8. The van der Waals surface area contributed by atoms with Crippen LogP contribution in [-0.2, 0) is 14.3 Å². The van der Waals surface area contributed by atoms with Gasteiger partial charge >= 0.3 is 5.97 Å². The second kappa shape index (κ2) is 11.4. The van der Waals surface area contributed by atoms with Gasteiger partial charge in [0.25, 0.3) is 0 Å². The van der Waals surface area contributed by atoms with Gasteiger partial charge < -0.3 is 9.84 Å². The number of hydrogen-bond donors (Lipinski definition) is 1. The molecule has 214 valence electrons. The molecule has 0 radical (unpaired) electrons. The average Bonchev–Trinajstić information content (AvgIpc) is 3.69. The van der Waals surface area contributed by atoms with Crippen LogP contribution in [0.3, 0.4) is 0 Å². The fraction of sp³-hybridized carbons (Fsp3) is 0.625. The average molecular weight is 566 g/mol. The molecule has 1 N–H and O–H groups in total. The van der Waals surface area contributed by atoms with Gasteiger partial charge in [-0.15, -0.1) is 5.10 Å². The predicted octanol–water partition coefficient (Wildman–Crippen LogP) is 6.21. The van der Waals surface area contributed by atoms with E-state index in [2.05, 4.69) is 23.3 Å². The van der Waals surface area contributed by atoms with Crippen LogP contribution in [0.1, 0.15) is 77.7 Å². The minimum absolute atomic E-state index is 0.0707. The van der Waals surface area contributed by atoms with Crippen molar-refractivity contribution in [2.24, 2.45) is 35.5 Å². The number of carbonyl (C=O) groups excluding carboxylic acids is 2. The molecule has 8 heteroatoms. The topological polar surface area (TPSA) is 94.3 Å². The number of Topliss-reactive ketones (excluding diaryl/α,β-unsaturated/α-hetero) is 1. The molecule has 2 heterocycles. The molecular weight excluding hydrogens is 526 g/mol. The van der Waals surface area contributed by atoms with E-state index in [-0.39, 0.29) is 59.9 Å². The Hall–Kier alpha value is -2.51. The van der Waals surface area contributed by atoms with Crippen molar-refractivity contribution in [3.05, 3.63) is 47.1 Å². The maximum atomic E-state index is 13.8. The Kier molecular flexibility index (Phi) is 7.88. The third-order valence-corrected chi connectivity index (χ3v) is 10.6. The lowest BCUT2D eigenvalue weighted by Crippen LogP contribution is -2.49. The third-order valence-electron chi connectivity index (χ3n) is 10.2. The lowest BCUT2D eigenvalue weighted by atomic mass is 9.62. The molecule has 1 aromatic carbocycles. The molecule has 2 saturated carbocycles. The number of benzene rings is 1. The summed E-state index contributed by atoms with van der Waals surface area (Å²) in [6.45, 7) is 4.07. The fourth-order valence-electron chi connectivity index (χ4n) is 8.27. The van der Waals surface area contributed by atoms with Crippen LogP contribution < -0.4 is 0 Å². The summed E-state index contributed by atoms with van der Waals surface area (Å²) in [6.07, 6.45) is 10.8. The second-order valence-electron chi connectivity index (χ2n) is 12.5. The number of rotatable bonds is 3. The Morgan fingerprint density at radius 1 is 1.07 bits per heavy atom. The van der Waals surface area contributed by atoms with Gasteiger partial charge in [-0.1, -0.05) is 67.8 Å². The maximum Gasteiger partial charge on any atom is 0.306 e. The van der Waals surface area contributed by atoms with Gasteiger partial charge in [-0.2, -0.15) is 0 Å². The molecule has 3 fully saturated rings. The molecule has 40 heavy (non-hydrogen) atoms. The smallest absolute Gasteiger partial charge is 0.306 e. The number of allylic oxidation sites excluding steroid dienone is 2. The molecule has 4 aliphatic rings.